The van der Waals surface area contributed by atoms with Crippen molar-refractivity contribution < 1.29 is 24.1 Å². The molecule has 0 aromatic rings. The summed E-state index contributed by atoms with van der Waals surface area (Å²) >= 11 is 0. The summed E-state index contributed by atoms with van der Waals surface area (Å²) in [6.07, 6.45) is -0.303. The standard InChI is InChI=1S/C9H18O5/c1-9(2)13-7-8(14-9)12-6-5-11-4-3-10/h8,10H,3-7H2,1-2H3. The molecular weight excluding hydrogens is 188 g/mol. The summed E-state index contributed by atoms with van der Waals surface area (Å²) in [4.78, 5) is 0. The van der Waals surface area contributed by atoms with E-state index in [9.17, 15) is 0 Å². The van der Waals surface area contributed by atoms with Gasteiger partial charge in [-0.05, 0) is 13.8 Å². The van der Waals surface area contributed by atoms with Gasteiger partial charge in [-0.3, -0.25) is 0 Å². The van der Waals surface area contributed by atoms with Gasteiger partial charge in [0.1, 0.15) is 6.61 Å². The van der Waals surface area contributed by atoms with Crippen LogP contribution in [0.5, 0.6) is 0 Å². The molecule has 1 fully saturated rings. The molecule has 0 aromatic carbocycles. The van der Waals surface area contributed by atoms with Gasteiger partial charge in [0, 0.05) is 0 Å². The Hall–Kier alpha value is -0.200. The van der Waals surface area contributed by atoms with Crippen molar-refractivity contribution in [3.63, 3.8) is 0 Å². The third-order valence-electron chi connectivity index (χ3n) is 1.75. The van der Waals surface area contributed by atoms with Crippen LogP contribution in [0.2, 0.25) is 0 Å². The summed E-state index contributed by atoms with van der Waals surface area (Å²) in [5, 5.41) is 8.44. The molecule has 0 aromatic heterocycles. The first-order chi connectivity index (χ1) is 6.64. The van der Waals surface area contributed by atoms with Crippen molar-refractivity contribution in [2.75, 3.05) is 33.0 Å². The van der Waals surface area contributed by atoms with E-state index in [0.717, 1.165) is 0 Å². The van der Waals surface area contributed by atoms with E-state index >= 15 is 0 Å². The van der Waals surface area contributed by atoms with Gasteiger partial charge in [-0.1, -0.05) is 0 Å². The Labute approximate surface area is 83.9 Å². The average Bonchev–Trinajstić information content (AvgIpc) is 2.45. The van der Waals surface area contributed by atoms with Crippen LogP contribution in [0.1, 0.15) is 13.8 Å². The number of aliphatic hydroxyl groups is 1. The van der Waals surface area contributed by atoms with Gasteiger partial charge >= 0.3 is 0 Å². The molecule has 1 unspecified atom stereocenters. The number of hydrogen-bond donors (Lipinski definition) is 1. The molecule has 1 aliphatic rings. The number of aliphatic hydroxyl groups excluding tert-OH is 1. The highest BCUT2D eigenvalue weighted by atomic mass is 16.8. The van der Waals surface area contributed by atoms with Crippen molar-refractivity contribution in [1.82, 2.24) is 0 Å². The van der Waals surface area contributed by atoms with Crippen LogP contribution in [0.25, 0.3) is 0 Å². The number of rotatable bonds is 6. The van der Waals surface area contributed by atoms with E-state index in [-0.39, 0.29) is 12.9 Å². The van der Waals surface area contributed by atoms with Gasteiger partial charge in [0.2, 0.25) is 0 Å². The molecule has 1 atom stereocenters. The van der Waals surface area contributed by atoms with Crippen molar-refractivity contribution in [3.8, 4) is 0 Å². The number of hydrogen-bond acceptors (Lipinski definition) is 5. The normalized spacial score (nSPS) is 25.5. The molecule has 0 aliphatic carbocycles. The quantitative estimate of drug-likeness (QED) is 0.626. The largest absolute Gasteiger partial charge is 0.394 e. The Morgan fingerprint density at radius 3 is 2.71 bits per heavy atom. The maximum Gasteiger partial charge on any atom is 0.184 e. The molecule has 1 rings (SSSR count). The monoisotopic (exact) mass is 206 g/mol. The van der Waals surface area contributed by atoms with E-state index in [2.05, 4.69) is 0 Å². The molecule has 5 nitrogen and oxygen atoms in total. The Morgan fingerprint density at radius 2 is 2.14 bits per heavy atom. The first-order valence-electron chi connectivity index (χ1n) is 4.76. The first-order valence-corrected chi connectivity index (χ1v) is 4.76. The minimum absolute atomic E-state index is 0.0378. The minimum Gasteiger partial charge on any atom is -0.394 e. The van der Waals surface area contributed by atoms with Crippen molar-refractivity contribution in [2.45, 2.75) is 25.9 Å². The molecule has 1 saturated heterocycles. The van der Waals surface area contributed by atoms with Crippen molar-refractivity contribution in [2.24, 2.45) is 0 Å². The molecular formula is C9H18O5. The predicted molar refractivity (Wildman–Crippen MR) is 48.8 cm³/mol. The SMILES string of the molecule is CC1(C)OCC(OCCOCCO)O1. The van der Waals surface area contributed by atoms with Gasteiger partial charge in [0.25, 0.3) is 0 Å². The summed E-state index contributed by atoms with van der Waals surface area (Å²) in [6, 6.07) is 0. The van der Waals surface area contributed by atoms with Crippen LogP contribution >= 0.6 is 0 Å². The van der Waals surface area contributed by atoms with Crippen molar-refractivity contribution in [1.29, 1.82) is 0 Å². The van der Waals surface area contributed by atoms with Crippen LogP contribution in [0.4, 0.5) is 0 Å². The molecule has 0 spiro atoms. The zero-order valence-corrected chi connectivity index (χ0v) is 8.69. The summed E-state index contributed by atoms with van der Waals surface area (Å²) in [5.41, 5.74) is 0. The highest BCUT2D eigenvalue weighted by molar-refractivity contribution is 4.63. The topological polar surface area (TPSA) is 57.2 Å². The van der Waals surface area contributed by atoms with Crippen LogP contribution in [0.15, 0.2) is 0 Å². The highest BCUT2D eigenvalue weighted by Crippen LogP contribution is 2.22. The molecule has 1 heterocycles. The Kier molecular flexibility index (Phi) is 4.77. The molecule has 0 radical (unpaired) electrons. The Balaban J connectivity index is 1.98. The summed E-state index contributed by atoms with van der Waals surface area (Å²) < 4.78 is 21.1. The second-order valence-electron chi connectivity index (χ2n) is 3.47. The van der Waals surface area contributed by atoms with Gasteiger partial charge in [-0.15, -0.1) is 0 Å². The lowest BCUT2D eigenvalue weighted by atomic mass is 10.4. The van der Waals surface area contributed by atoms with Crippen LogP contribution in [-0.4, -0.2) is 50.2 Å². The fourth-order valence-corrected chi connectivity index (χ4v) is 1.14. The zero-order chi connectivity index (χ0) is 10.4. The summed E-state index contributed by atoms with van der Waals surface area (Å²) in [5.74, 6) is -0.545. The van der Waals surface area contributed by atoms with Crippen molar-refractivity contribution in [3.05, 3.63) is 0 Å². The smallest absolute Gasteiger partial charge is 0.184 e. The summed E-state index contributed by atoms with van der Waals surface area (Å²) in [6.45, 7) is 5.43. The van der Waals surface area contributed by atoms with Crippen LogP contribution in [0, 0.1) is 0 Å². The van der Waals surface area contributed by atoms with Gasteiger partial charge < -0.3 is 24.1 Å². The van der Waals surface area contributed by atoms with Gasteiger partial charge in [0.05, 0.1) is 26.4 Å². The average molecular weight is 206 g/mol. The molecule has 0 amide bonds. The molecule has 1 N–H and O–H groups in total. The van der Waals surface area contributed by atoms with E-state index < -0.39 is 5.79 Å². The lowest BCUT2D eigenvalue weighted by molar-refractivity contribution is -0.193. The van der Waals surface area contributed by atoms with Crippen LogP contribution in [0.3, 0.4) is 0 Å². The molecule has 5 heteroatoms. The van der Waals surface area contributed by atoms with Gasteiger partial charge in [0.15, 0.2) is 12.1 Å². The lowest BCUT2D eigenvalue weighted by Crippen LogP contribution is -2.23. The van der Waals surface area contributed by atoms with Crippen molar-refractivity contribution >= 4 is 0 Å². The fraction of sp³-hybridized carbons (Fsp3) is 1.00. The van der Waals surface area contributed by atoms with Gasteiger partial charge in [-0.25, -0.2) is 0 Å². The Bertz CT molecular complexity index is 159. The first kappa shape index (κ1) is 11.9. The minimum atomic E-state index is -0.545. The molecule has 0 saturated carbocycles. The third-order valence-corrected chi connectivity index (χ3v) is 1.75. The third kappa shape index (κ3) is 4.34. The fourth-order valence-electron chi connectivity index (χ4n) is 1.14. The molecule has 0 bridgehead atoms. The van der Waals surface area contributed by atoms with Crippen LogP contribution < -0.4 is 0 Å². The second kappa shape index (κ2) is 5.63. The molecule has 1 aliphatic heterocycles. The maximum atomic E-state index is 8.44. The zero-order valence-electron chi connectivity index (χ0n) is 8.69. The van der Waals surface area contributed by atoms with Crippen LogP contribution in [-0.2, 0) is 18.9 Å². The van der Waals surface area contributed by atoms with E-state index in [4.69, 9.17) is 24.1 Å². The summed E-state index contributed by atoms with van der Waals surface area (Å²) in [7, 11) is 0. The predicted octanol–water partition coefficient (Wildman–Crippen LogP) is 0.121. The van der Waals surface area contributed by atoms with E-state index in [1.54, 1.807) is 0 Å². The van der Waals surface area contributed by atoms with E-state index in [1.807, 2.05) is 13.8 Å². The van der Waals surface area contributed by atoms with Gasteiger partial charge in [-0.2, -0.15) is 0 Å². The number of ether oxygens (including phenoxy) is 4. The molecule has 14 heavy (non-hydrogen) atoms. The van der Waals surface area contributed by atoms with E-state index in [0.29, 0.717) is 26.4 Å². The second-order valence-corrected chi connectivity index (χ2v) is 3.47. The Morgan fingerprint density at radius 1 is 1.36 bits per heavy atom. The lowest BCUT2D eigenvalue weighted by Gasteiger charge is -2.16. The van der Waals surface area contributed by atoms with E-state index in [1.165, 1.54) is 0 Å². The maximum absolute atomic E-state index is 8.44. The highest BCUT2D eigenvalue weighted by Gasteiger charge is 2.32. The molecule has 84 valence electrons.